The molecule has 0 heterocycles. The van der Waals surface area contributed by atoms with E-state index in [-0.39, 0.29) is 12.2 Å². The Morgan fingerprint density at radius 2 is 1.52 bits per heavy atom. The normalized spacial score (nSPS) is 10.2. The van der Waals surface area contributed by atoms with Crippen LogP contribution in [0.4, 0.5) is 5.69 Å². The standard InChI is InChI=1S/C23H20N2O5S/c24-21(26)14-29-17-12-10-16(11-13-17)23(28)30-15-22(27)25-19-8-4-5-9-20(19)31-18-6-2-1-3-7-18/h1-13H,14-15H2,(H2,24,26)(H,25,27). The van der Waals surface area contributed by atoms with E-state index in [4.69, 9.17) is 15.2 Å². The summed E-state index contributed by atoms with van der Waals surface area (Å²) in [5.41, 5.74) is 5.89. The van der Waals surface area contributed by atoms with Gasteiger partial charge in [-0.1, -0.05) is 42.1 Å². The van der Waals surface area contributed by atoms with Crippen LogP contribution in [0.1, 0.15) is 10.4 Å². The van der Waals surface area contributed by atoms with Crippen LogP contribution in [0.5, 0.6) is 5.75 Å². The Bertz CT molecular complexity index is 1060. The van der Waals surface area contributed by atoms with Gasteiger partial charge in [0.1, 0.15) is 5.75 Å². The fourth-order valence-electron chi connectivity index (χ4n) is 2.52. The summed E-state index contributed by atoms with van der Waals surface area (Å²) in [4.78, 5) is 37.1. The van der Waals surface area contributed by atoms with Crippen LogP contribution in [0.25, 0.3) is 0 Å². The highest BCUT2D eigenvalue weighted by Gasteiger charge is 2.12. The number of para-hydroxylation sites is 1. The molecule has 0 saturated heterocycles. The number of primary amides is 1. The minimum atomic E-state index is -0.649. The van der Waals surface area contributed by atoms with Crippen LogP contribution < -0.4 is 15.8 Å². The van der Waals surface area contributed by atoms with Crippen molar-refractivity contribution in [3.05, 3.63) is 84.4 Å². The second-order valence-corrected chi connectivity index (χ2v) is 7.43. The maximum atomic E-state index is 12.3. The van der Waals surface area contributed by atoms with Crippen molar-refractivity contribution in [2.24, 2.45) is 5.73 Å². The smallest absolute Gasteiger partial charge is 0.338 e. The van der Waals surface area contributed by atoms with E-state index < -0.39 is 24.4 Å². The summed E-state index contributed by atoms with van der Waals surface area (Å²) < 4.78 is 10.2. The number of nitrogens with one attached hydrogen (secondary N) is 1. The maximum absolute atomic E-state index is 12.3. The highest BCUT2D eigenvalue weighted by atomic mass is 32.2. The first-order valence-corrected chi connectivity index (χ1v) is 10.1. The fraction of sp³-hybridized carbons (Fsp3) is 0.0870. The van der Waals surface area contributed by atoms with Crippen molar-refractivity contribution in [1.29, 1.82) is 0 Å². The number of hydrogen-bond donors (Lipinski definition) is 2. The topological polar surface area (TPSA) is 108 Å². The Morgan fingerprint density at radius 3 is 2.23 bits per heavy atom. The highest BCUT2D eigenvalue weighted by Crippen LogP contribution is 2.33. The van der Waals surface area contributed by atoms with E-state index in [1.807, 2.05) is 48.5 Å². The van der Waals surface area contributed by atoms with E-state index in [1.165, 1.54) is 36.0 Å². The Morgan fingerprint density at radius 1 is 0.839 bits per heavy atom. The van der Waals surface area contributed by atoms with Crippen molar-refractivity contribution in [3.63, 3.8) is 0 Å². The molecule has 0 aliphatic heterocycles. The molecule has 158 valence electrons. The lowest BCUT2D eigenvalue weighted by atomic mass is 10.2. The molecule has 0 aromatic heterocycles. The number of carbonyl (C=O) groups is 3. The molecule has 7 nitrogen and oxygen atoms in total. The summed E-state index contributed by atoms with van der Waals surface area (Å²) in [5, 5.41) is 2.77. The molecule has 0 bridgehead atoms. The first kappa shape index (κ1) is 21.9. The first-order valence-electron chi connectivity index (χ1n) is 9.31. The Labute approximate surface area is 183 Å². The summed E-state index contributed by atoms with van der Waals surface area (Å²) in [6.45, 7) is -0.683. The number of nitrogens with two attached hydrogens (primary N) is 1. The SMILES string of the molecule is NC(=O)COc1ccc(C(=O)OCC(=O)Nc2ccccc2Sc2ccccc2)cc1. The van der Waals surface area contributed by atoms with Crippen LogP contribution >= 0.6 is 11.8 Å². The summed E-state index contributed by atoms with van der Waals surface area (Å²) >= 11 is 1.52. The van der Waals surface area contributed by atoms with Crippen LogP contribution in [0.3, 0.4) is 0 Å². The van der Waals surface area contributed by atoms with Gasteiger partial charge in [0.15, 0.2) is 13.2 Å². The third-order valence-corrected chi connectivity index (χ3v) is 5.02. The minimum absolute atomic E-state index is 0.249. The molecule has 31 heavy (non-hydrogen) atoms. The van der Waals surface area contributed by atoms with E-state index >= 15 is 0 Å². The third kappa shape index (κ3) is 6.90. The molecule has 8 heteroatoms. The molecule has 0 fully saturated rings. The number of ether oxygens (including phenoxy) is 2. The predicted octanol–water partition coefficient (Wildman–Crippen LogP) is 3.50. The Balaban J connectivity index is 1.53. The van der Waals surface area contributed by atoms with Gasteiger partial charge >= 0.3 is 5.97 Å². The molecule has 2 amide bonds. The molecule has 3 aromatic rings. The van der Waals surface area contributed by atoms with Crippen molar-refractivity contribution in [3.8, 4) is 5.75 Å². The van der Waals surface area contributed by atoms with Gasteiger partial charge in [0.2, 0.25) is 0 Å². The summed E-state index contributed by atoms with van der Waals surface area (Å²) in [7, 11) is 0. The molecule has 0 radical (unpaired) electrons. The minimum Gasteiger partial charge on any atom is -0.484 e. The highest BCUT2D eigenvalue weighted by molar-refractivity contribution is 7.99. The van der Waals surface area contributed by atoms with Gasteiger partial charge < -0.3 is 20.5 Å². The lowest BCUT2D eigenvalue weighted by molar-refractivity contribution is -0.120. The van der Waals surface area contributed by atoms with E-state index in [0.717, 1.165) is 9.79 Å². The van der Waals surface area contributed by atoms with Crippen LogP contribution in [-0.4, -0.2) is 31.0 Å². The van der Waals surface area contributed by atoms with E-state index in [0.29, 0.717) is 11.4 Å². The van der Waals surface area contributed by atoms with E-state index in [9.17, 15) is 14.4 Å². The molecule has 0 atom stereocenters. The van der Waals surface area contributed by atoms with Gasteiger partial charge in [-0.05, 0) is 48.5 Å². The van der Waals surface area contributed by atoms with E-state index in [2.05, 4.69) is 5.32 Å². The average molecular weight is 436 g/mol. The molecule has 0 aliphatic rings. The van der Waals surface area contributed by atoms with Crippen LogP contribution in [0, 0.1) is 0 Å². The Hall–Kier alpha value is -3.78. The summed E-state index contributed by atoms with van der Waals surface area (Å²) in [6, 6.07) is 23.2. The second-order valence-electron chi connectivity index (χ2n) is 6.31. The second kappa shape index (κ2) is 10.8. The molecule has 3 aromatic carbocycles. The van der Waals surface area contributed by atoms with Gasteiger partial charge in [-0.25, -0.2) is 4.79 Å². The zero-order chi connectivity index (χ0) is 22.1. The molecule has 3 rings (SSSR count). The number of anilines is 1. The van der Waals surface area contributed by atoms with Gasteiger partial charge in [0.25, 0.3) is 11.8 Å². The third-order valence-electron chi connectivity index (χ3n) is 3.94. The first-order chi connectivity index (χ1) is 15.0. The van der Waals surface area contributed by atoms with Crippen molar-refractivity contribution in [2.45, 2.75) is 9.79 Å². The van der Waals surface area contributed by atoms with Gasteiger partial charge in [0.05, 0.1) is 11.3 Å². The van der Waals surface area contributed by atoms with Crippen LogP contribution in [0.2, 0.25) is 0 Å². The number of amides is 2. The van der Waals surface area contributed by atoms with Crippen LogP contribution in [0.15, 0.2) is 88.7 Å². The zero-order valence-electron chi connectivity index (χ0n) is 16.4. The molecule has 0 aliphatic carbocycles. The monoisotopic (exact) mass is 436 g/mol. The predicted molar refractivity (Wildman–Crippen MR) is 117 cm³/mol. The molecule has 3 N–H and O–H groups in total. The molecule has 0 unspecified atom stereocenters. The van der Waals surface area contributed by atoms with Crippen molar-refractivity contribution in [2.75, 3.05) is 18.5 Å². The van der Waals surface area contributed by atoms with Crippen molar-refractivity contribution >= 4 is 35.2 Å². The fourth-order valence-corrected chi connectivity index (χ4v) is 3.44. The number of esters is 1. The largest absolute Gasteiger partial charge is 0.484 e. The summed E-state index contributed by atoms with van der Waals surface area (Å²) in [6.07, 6.45) is 0. The number of hydrogen-bond acceptors (Lipinski definition) is 6. The Kier molecular flexibility index (Phi) is 7.67. The average Bonchev–Trinajstić information content (AvgIpc) is 2.78. The molecular weight excluding hydrogens is 416 g/mol. The zero-order valence-corrected chi connectivity index (χ0v) is 17.3. The molecular formula is C23H20N2O5S. The van der Waals surface area contributed by atoms with Crippen LogP contribution in [-0.2, 0) is 14.3 Å². The summed E-state index contributed by atoms with van der Waals surface area (Å²) in [5.74, 6) is -1.31. The number of rotatable bonds is 9. The van der Waals surface area contributed by atoms with Crippen molar-refractivity contribution < 1.29 is 23.9 Å². The van der Waals surface area contributed by atoms with Gasteiger partial charge in [0, 0.05) is 9.79 Å². The van der Waals surface area contributed by atoms with Crippen molar-refractivity contribution in [1.82, 2.24) is 0 Å². The van der Waals surface area contributed by atoms with E-state index in [1.54, 1.807) is 6.07 Å². The number of benzene rings is 3. The van der Waals surface area contributed by atoms with Gasteiger partial charge in [-0.3, -0.25) is 9.59 Å². The quantitative estimate of drug-likeness (QED) is 0.497. The van der Waals surface area contributed by atoms with Gasteiger partial charge in [-0.2, -0.15) is 0 Å². The van der Waals surface area contributed by atoms with Gasteiger partial charge in [-0.15, -0.1) is 0 Å². The molecule has 0 spiro atoms. The maximum Gasteiger partial charge on any atom is 0.338 e. The lowest BCUT2D eigenvalue weighted by Gasteiger charge is -2.11. The molecule has 0 saturated carbocycles. The number of carbonyl (C=O) groups excluding carboxylic acids is 3. The lowest BCUT2D eigenvalue weighted by Crippen LogP contribution is -2.21.